The summed E-state index contributed by atoms with van der Waals surface area (Å²) in [6, 6.07) is 6.38. The first-order valence-electron chi connectivity index (χ1n) is 4.70. The molecule has 0 amide bonds. The second kappa shape index (κ2) is 4.44. The van der Waals surface area contributed by atoms with E-state index in [2.05, 4.69) is 9.36 Å². The summed E-state index contributed by atoms with van der Waals surface area (Å²) in [6.45, 7) is 0.648. The molecule has 0 aliphatic rings. The van der Waals surface area contributed by atoms with Gasteiger partial charge in [-0.1, -0.05) is 12.1 Å². The Morgan fingerprint density at radius 1 is 1.38 bits per heavy atom. The number of anilines is 2. The number of nitrogen functional groups attached to an aromatic ring is 1. The third-order valence-corrected chi connectivity index (χ3v) is 2.94. The molecule has 4 nitrogen and oxygen atoms in total. The minimum atomic E-state index is -0.230. The van der Waals surface area contributed by atoms with Crippen LogP contribution in [-0.2, 0) is 6.54 Å². The fourth-order valence-corrected chi connectivity index (χ4v) is 1.87. The lowest BCUT2D eigenvalue weighted by Gasteiger charge is -2.14. The molecular formula is C10H11FN4S. The van der Waals surface area contributed by atoms with Gasteiger partial charge in [-0.05, 0) is 17.7 Å². The van der Waals surface area contributed by atoms with E-state index in [0.29, 0.717) is 6.54 Å². The smallest absolute Gasteiger partial charge is 0.233 e. The SMILES string of the molecule is CN(Cc1ccc(F)cc1)c1nc(N)ns1. The minimum absolute atomic E-state index is 0.230. The van der Waals surface area contributed by atoms with Gasteiger partial charge in [-0.2, -0.15) is 9.36 Å². The number of aromatic nitrogens is 2. The summed E-state index contributed by atoms with van der Waals surface area (Å²) in [6.07, 6.45) is 0. The van der Waals surface area contributed by atoms with Crippen LogP contribution in [0, 0.1) is 5.82 Å². The van der Waals surface area contributed by atoms with Gasteiger partial charge in [0.1, 0.15) is 5.82 Å². The molecule has 84 valence electrons. The van der Waals surface area contributed by atoms with E-state index < -0.39 is 0 Å². The molecule has 0 saturated carbocycles. The molecule has 0 atom stereocenters. The van der Waals surface area contributed by atoms with Crippen LogP contribution in [0.5, 0.6) is 0 Å². The van der Waals surface area contributed by atoms with Crippen LogP contribution in [0.2, 0.25) is 0 Å². The molecule has 0 unspecified atom stereocenters. The monoisotopic (exact) mass is 238 g/mol. The number of hydrogen-bond acceptors (Lipinski definition) is 5. The van der Waals surface area contributed by atoms with Crippen molar-refractivity contribution < 1.29 is 4.39 Å². The van der Waals surface area contributed by atoms with Crippen LogP contribution in [0.25, 0.3) is 0 Å². The molecule has 0 bridgehead atoms. The van der Waals surface area contributed by atoms with E-state index in [0.717, 1.165) is 10.7 Å². The van der Waals surface area contributed by atoms with Crippen molar-refractivity contribution >= 4 is 22.6 Å². The van der Waals surface area contributed by atoms with Crippen LogP contribution in [0.4, 0.5) is 15.5 Å². The van der Waals surface area contributed by atoms with Gasteiger partial charge in [0.25, 0.3) is 0 Å². The van der Waals surface area contributed by atoms with Crippen molar-refractivity contribution in [3.8, 4) is 0 Å². The number of hydrogen-bond donors (Lipinski definition) is 1. The predicted octanol–water partition coefficient (Wildman–Crippen LogP) is 1.90. The Labute approximate surface area is 96.7 Å². The summed E-state index contributed by atoms with van der Waals surface area (Å²) in [5.74, 6) is 0.0533. The molecule has 0 aliphatic heterocycles. The van der Waals surface area contributed by atoms with Crippen LogP contribution in [-0.4, -0.2) is 16.4 Å². The predicted molar refractivity (Wildman–Crippen MR) is 62.8 cm³/mol. The Bertz CT molecular complexity index is 468. The van der Waals surface area contributed by atoms with Crippen molar-refractivity contribution in [1.29, 1.82) is 0 Å². The lowest BCUT2D eigenvalue weighted by molar-refractivity contribution is 0.627. The Balaban J connectivity index is 2.07. The Morgan fingerprint density at radius 3 is 2.62 bits per heavy atom. The maximum atomic E-state index is 12.7. The molecule has 16 heavy (non-hydrogen) atoms. The molecule has 1 heterocycles. The fraction of sp³-hybridized carbons (Fsp3) is 0.200. The summed E-state index contributed by atoms with van der Waals surface area (Å²) in [5.41, 5.74) is 6.45. The van der Waals surface area contributed by atoms with Crippen LogP contribution in [0.15, 0.2) is 24.3 Å². The van der Waals surface area contributed by atoms with Crippen molar-refractivity contribution in [3.63, 3.8) is 0 Å². The standard InChI is InChI=1S/C10H11FN4S/c1-15(10-13-9(12)14-16-10)6-7-2-4-8(11)5-3-7/h2-5H,6H2,1H3,(H2,12,14). The molecule has 0 fully saturated rings. The fourth-order valence-electron chi connectivity index (χ4n) is 1.31. The second-order valence-electron chi connectivity index (χ2n) is 3.42. The summed E-state index contributed by atoms with van der Waals surface area (Å²) >= 11 is 1.25. The number of halogens is 1. The first-order chi connectivity index (χ1) is 7.65. The number of benzene rings is 1. The Kier molecular flexibility index (Phi) is 3.00. The second-order valence-corrected chi connectivity index (χ2v) is 4.15. The number of nitrogens with zero attached hydrogens (tertiary/aromatic N) is 3. The topological polar surface area (TPSA) is 55.0 Å². The van der Waals surface area contributed by atoms with Crippen molar-refractivity contribution in [2.45, 2.75) is 6.54 Å². The molecule has 6 heteroatoms. The van der Waals surface area contributed by atoms with E-state index >= 15 is 0 Å². The van der Waals surface area contributed by atoms with Crippen molar-refractivity contribution in [2.75, 3.05) is 17.7 Å². The Hall–Kier alpha value is -1.69. The van der Waals surface area contributed by atoms with Crippen LogP contribution in [0.3, 0.4) is 0 Å². The highest BCUT2D eigenvalue weighted by atomic mass is 32.1. The highest BCUT2D eigenvalue weighted by Crippen LogP contribution is 2.18. The molecule has 2 aromatic rings. The van der Waals surface area contributed by atoms with Gasteiger partial charge in [-0.15, -0.1) is 0 Å². The van der Waals surface area contributed by atoms with Gasteiger partial charge in [-0.3, -0.25) is 0 Å². The summed E-state index contributed by atoms with van der Waals surface area (Å²) in [4.78, 5) is 5.98. The van der Waals surface area contributed by atoms with Gasteiger partial charge >= 0.3 is 0 Å². The third kappa shape index (κ3) is 2.46. The molecule has 0 saturated heterocycles. The van der Waals surface area contributed by atoms with Gasteiger partial charge in [0.15, 0.2) is 0 Å². The van der Waals surface area contributed by atoms with Gasteiger partial charge in [0, 0.05) is 25.1 Å². The first-order valence-corrected chi connectivity index (χ1v) is 5.47. The van der Waals surface area contributed by atoms with Crippen molar-refractivity contribution in [1.82, 2.24) is 9.36 Å². The largest absolute Gasteiger partial charge is 0.367 e. The first kappa shape index (κ1) is 10.8. The van der Waals surface area contributed by atoms with Crippen molar-refractivity contribution in [2.24, 2.45) is 0 Å². The molecular weight excluding hydrogens is 227 g/mol. The highest BCUT2D eigenvalue weighted by Gasteiger charge is 2.07. The molecule has 1 aromatic carbocycles. The number of nitrogens with two attached hydrogens (primary N) is 1. The molecule has 0 spiro atoms. The third-order valence-electron chi connectivity index (χ3n) is 2.09. The quantitative estimate of drug-likeness (QED) is 0.887. The van der Waals surface area contributed by atoms with Gasteiger partial charge in [0.2, 0.25) is 11.1 Å². The minimum Gasteiger partial charge on any atom is -0.367 e. The van der Waals surface area contributed by atoms with Gasteiger partial charge in [0.05, 0.1) is 0 Å². The van der Waals surface area contributed by atoms with E-state index in [9.17, 15) is 4.39 Å². The zero-order valence-electron chi connectivity index (χ0n) is 8.72. The highest BCUT2D eigenvalue weighted by molar-refractivity contribution is 7.09. The maximum absolute atomic E-state index is 12.7. The molecule has 0 aliphatic carbocycles. The van der Waals surface area contributed by atoms with Crippen molar-refractivity contribution in [3.05, 3.63) is 35.6 Å². The lowest BCUT2D eigenvalue weighted by Crippen LogP contribution is -2.16. The van der Waals surface area contributed by atoms with Gasteiger partial charge < -0.3 is 10.6 Å². The average Bonchev–Trinajstić information content (AvgIpc) is 2.68. The van der Waals surface area contributed by atoms with E-state index in [-0.39, 0.29) is 11.8 Å². The van der Waals surface area contributed by atoms with E-state index in [1.165, 1.54) is 23.7 Å². The zero-order chi connectivity index (χ0) is 11.5. The normalized spacial score (nSPS) is 10.4. The zero-order valence-corrected chi connectivity index (χ0v) is 9.54. The average molecular weight is 238 g/mol. The van der Waals surface area contributed by atoms with E-state index in [4.69, 9.17) is 5.73 Å². The molecule has 2 rings (SSSR count). The number of rotatable bonds is 3. The molecule has 2 N–H and O–H groups in total. The van der Waals surface area contributed by atoms with Gasteiger partial charge in [-0.25, -0.2) is 4.39 Å². The summed E-state index contributed by atoms with van der Waals surface area (Å²) in [5, 5.41) is 0.752. The van der Waals surface area contributed by atoms with Crippen LogP contribution in [0.1, 0.15) is 5.56 Å². The Morgan fingerprint density at radius 2 is 2.06 bits per heavy atom. The van der Waals surface area contributed by atoms with E-state index in [1.807, 2.05) is 11.9 Å². The molecule has 1 aromatic heterocycles. The van der Waals surface area contributed by atoms with Crippen LogP contribution < -0.4 is 10.6 Å². The van der Waals surface area contributed by atoms with E-state index in [1.54, 1.807) is 12.1 Å². The summed E-state index contributed by atoms with van der Waals surface area (Å²) in [7, 11) is 1.89. The van der Waals surface area contributed by atoms with Crippen LogP contribution >= 0.6 is 11.5 Å². The lowest BCUT2D eigenvalue weighted by atomic mass is 10.2. The summed E-state index contributed by atoms with van der Waals surface area (Å²) < 4.78 is 16.6. The molecule has 0 radical (unpaired) electrons. The maximum Gasteiger partial charge on any atom is 0.233 e.